The van der Waals surface area contributed by atoms with E-state index in [2.05, 4.69) is 38.1 Å². The Balaban J connectivity index is 2.24. The predicted octanol–water partition coefficient (Wildman–Crippen LogP) is 1.97. The highest BCUT2D eigenvalue weighted by molar-refractivity contribution is 14.1. The highest BCUT2D eigenvalue weighted by Gasteiger charge is 2.11. The van der Waals surface area contributed by atoms with Gasteiger partial charge in [-0.1, -0.05) is 0 Å². The molecule has 6 heteroatoms. The lowest BCUT2D eigenvalue weighted by atomic mass is 10.2. The molecule has 0 aliphatic heterocycles. The molecule has 0 aliphatic carbocycles. The van der Waals surface area contributed by atoms with Crippen LogP contribution in [0.15, 0.2) is 30.5 Å². The molecule has 0 aliphatic rings. The normalized spacial score (nSPS) is 10.1. The molecule has 1 aromatic heterocycles. The first-order valence-corrected chi connectivity index (χ1v) is 5.54. The third-order valence-corrected chi connectivity index (χ3v) is 2.62. The summed E-state index contributed by atoms with van der Waals surface area (Å²) in [5, 5.41) is 18.4. The highest BCUT2D eigenvalue weighted by atomic mass is 127. The number of hydrogen-bond acceptors (Lipinski definition) is 3. The summed E-state index contributed by atoms with van der Waals surface area (Å²) < 4.78 is 0.880. The Bertz CT molecular complexity index is 511. The Morgan fingerprint density at radius 2 is 2.25 bits per heavy atom. The minimum absolute atomic E-state index is 0.0440. The standard InChI is InChI=1S/C10H8IN3O2/c11-6-1-2-8(15)7(5-6)10(16)13-9-3-4-12-14-9/h1-5,15H,(H2,12,13,14,16). The third-order valence-electron chi connectivity index (χ3n) is 1.95. The summed E-state index contributed by atoms with van der Waals surface area (Å²) in [5.74, 6) is 0.0703. The van der Waals surface area contributed by atoms with E-state index in [1.807, 2.05) is 0 Å². The Morgan fingerprint density at radius 3 is 2.94 bits per heavy atom. The molecule has 2 rings (SSSR count). The Morgan fingerprint density at radius 1 is 1.44 bits per heavy atom. The Labute approximate surface area is 105 Å². The maximum atomic E-state index is 11.8. The van der Waals surface area contributed by atoms with Crippen LogP contribution >= 0.6 is 22.6 Å². The van der Waals surface area contributed by atoms with Gasteiger partial charge in [0.2, 0.25) is 0 Å². The van der Waals surface area contributed by atoms with Crippen molar-refractivity contribution in [3.05, 3.63) is 39.6 Å². The lowest BCUT2D eigenvalue weighted by molar-refractivity contribution is 0.102. The zero-order valence-corrected chi connectivity index (χ0v) is 10.2. The lowest BCUT2D eigenvalue weighted by Crippen LogP contribution is -2.12. The minimum Gasteiger partial charge on any atom is -0.507 e. The largest absolute Gasteiger partial charge is 0.507 e. The number of rotatable bonds is 2. The molecule has 3 N–H and O–H groups in total. The fourth-order valence-electron chi connectivity index (χ4n) is 1.21. The molecule has 0 atom stereocenters. The molecule has 1 aromatic carbocycles. The maximum Gasteiger partial charge on any atom is 0.260 e. The fourth-order valence-corrected chi connectivity index (χ4v) is 1.70. The number of anilines is 1. The van der Waals surface area contributed by atoms with Crippen LogP contribution in [0.1, 0.15) is 10.4 Å². The summed E-state index contributed by atoms with van der Waals surface area (Å²) in [6.45, 7) is 0. The van der Waals surface area contributed by atoms with Gasteiger partial charge in [-0.25, -0.2) is 0 Å². The average molecular weight is 329 g/mol. The first-order valence-electron chi connectivity index (χ1n) is 4.46. The second-order valence-electron chi connectivity index (χ2n) is 3.09. The van der Waals surface area contributed by atoms with E-state index < -0.39 is 0 Å². The van der Waals surface area contributed by atoms with Crippen molar-refractivity contribution in [1.29, 1.82) is 0 Å². The number of phenols is 1. The van der Waals surface area contributed by atoms with Gasteiger partial charge in [-0.05, 0) is 40.8 Å². The van der Waals surface area contributed by atoms with E-state index in [4.69, 9.17) is 0 Å². The van der Waals surface area contributed by atoms with E-state index in [9.17, 15) is 9.90 Å². The van der Waals surface area contributed by atoms with Crippen LogP contribution in [0.25, 0.3) is 0 Å². The quantitative estimate of drug-likeness (QED) is 0.737. The number of aromatic amines is 1. The molecule has 1 amide bonds. The zero-order chi connectivity index (χ0) is 11.5. The Kier molecular flexibility index (Phi) is 3.09. The number of nitrogens with zero attached hydrogens (tertiary/aromatic N) is 1. The number of carbonyl (C=O) groups is 1. The second kappa shape index (κ2) is 4.52. The van der Waals surface area contributed by atoms with E-state index in [1.165, 1.54) is 12.3 Å². The molecule has 0 radical (unpaired) electrons. The fraction of sp³-hybridized carbons (Fsp3) is 0. The summed E-state index contributed by atoms with van der Waals surface area (Å²) in [5.41, 5.74) is 0.238. The van der Waals surface area contributed by atoms with Crippen molar-refractivity contribution in [2.45, 2.75) is 0 Å². The van der Waals surface area contributed by atoms with Crippen LogP contribution in [-0.4, -0.2) is 21.2 Å². The SMILES string of the molecule is O=C(Nc1ccn[nH]1)c1cc(I)ccc1O. The number of nitrogens with one attached hydrogen (secondary N) is 2. The van der Waals surface area contributed by atoms with Crippen LogP contribution in [0.4, 0.5) is 5.82 Å². The molecule has 2 aromatic rings. The van der Waals surface area contributed by atoms with E-state index in [0.717, 1.165) is 3.57 Å². The van der Waals surface area contributed by atoms with Crippen molar-refractivity contribution < 1.29 is 9.90 Å². The first-order chi connectivity index (χ1) is 7.66. The molecular formula is C10H8IN3O2. The van der Waals surface area contributed by atoms with Gasteiger partial charge in [0.25, 0.3) is 5.91 Å². The van der Waals surface area contributed by atoms with Gasteiger partial charge >= 0.3 is 0 Å². The van der Waals surface area contributed by atoms with Gasteiger partial charge in [0.15, 0.2) is 0 Å². The van der Waals surface area contributed by atoms with Crippen molar-refractivity contribution in [2.24, 2.45) is 0 Å². The molecule has 0 spiro atoms. The number of halogens is 1. The summed E-state index contributed by atoms with van der Waals surface area (Å²) in [4.78, 5) is 11.8. The van der Waals surface area contributed by atoms with Crippen LogP contribution in [0.2, 0.25) is 0 Å². The summed E-state index contributed by atoms with van der Waals surface area (Å²) in [7, 11) is 0. The molecule has 0 saturated heterocycles. The van der Waals surface area contributed by atoms with Crippen LogP contribution in [0, 0.1) is 3.57 Å². The van der Waals surface area contributed by atoms with Gasteiger partial charge in [-0.3, -0.25) is 9.89 Å². The molecule has 16 heavy (non-hydrogen) atoms. The second-order valence-corrected chi connectivity index (χ2v) is 4.33. The zero-order valence-electron chi connectivity index (χ0n) is 8.07. The molecule has 0 unspecified atom stereocenters. The Hall–Kier alpha value is -1.57. The van der Waals surface area contributed by atoms with Crippen molar-refractivity contribution in [2.75, 3.05) is 5.32 Å². The predicted molar refractivity (Wildman–Crippen MR) is 67.4 cm³/mol. The third kappa shape index (κ3) is 2.32. The van der Waals surface area contributed by atoms with Gasteiger partial charge < -0.3 is 10.4 Å². The van der Waals surface area contributed by atoms with Crippen LogP contribution in [0.5, 0.6) is 5.75 Å². The van der Waals surface area contributed by atoms with Gasteiger partial charge in [0.1, 0.15) is 11.6 Å². The van der Waals surface area contributed by atoms with Crippen molar-refractivity contribution in [1.82, 2.24) is 10.2 Å². The number of aromatic hydroxyl groups is 1. The smallest absolute Gasteiger partial charge is 0.260 e. The van der Waals surface area contributed by atoms with Crippen molar-refractivity contribution in [3.8, 4) is 5.75 Å². The maximum absolute atomic E-state index is 11.8. The van der Waals surface area contributed by atoms with E-state index in [-0.39, 0.29) is 17.2 Å². The number of aromatic nitrogens is 2. The van der Waals surface area contributed by atoms with E-state index in [0.29, 0.717) is 5.82 Å². The summed E-state index contributed by atoms with van der Waals surface area (Å²) in [6.07, 6.45) is 1.53. The van der Waals surface area contributed by atoms with Crippen LogP contribution in [0.3, 0.4) is 0 Å². The number of carbonyl (C=O) groups excluding carboxylic acids is 1. The number of amides is 1. The average Bonchev–Trinajstić information content (AvgIpc) is 2.74. The van der Waals surface area contributed by atoms with Crippen LogP contribution < -0.4 is 5.32 Å². The van der Waals surface area contributed by atoms with Crippen molar-refractivity contribution >= 4 is 34.3 Å². The lowest BCUT2D eigenvalue weighted by Gasteiger charge is -2.05. The van der Waals surface area contributed by atoms with E-state index in [1.54, 1.807) is 18.2 Å². The molecular weight excluding hydrogens is 321 g/mol. The van der Waals surface area contributed by atoms with E-state index >= 15 is 0 Å². The molecule has 0 saturated carbocycles. The molecule has 82 valence electrons. The molecule has 1 heterocycles. The monoisotopic (exact) mass is 329 g/mol. The molecule has 5 nitrogen and oxygen atoms in total. The van der Waals surface area contributed by atoms with Gasteiger partial charge in [-0.15, -0.1) is 0 Å². The minimum atomic E-state index is -0.375. The number of phenolic OH excluding ortho intramolecular Hbond substituents is 1. The van der Waals surface area contributed by atoms with Gasteiger partial charge in [0, 0.05) is 9.64 Å². The number of benzene rings is 1. The highest BCUT2D eigenvalue weighted by Crippen LogP contribution is 2.20. The number of H-pyrrole nitrogens is 1. The molecule has 0 bridgehead atoms. The first kappa shape index (κ1) is 10.9. The number of hydrogen-bond donors (Lipinski definition) is 3. The summed E-state index contributed by atoms with van der Waals surface area (Å²) in [6, 6.07) is 6.46. The van der Waals surface area contributed by atoms with Crippen molar-refractivity contribution in [3.63, 3.8) is 0 Å². The molecule has 0 fully saturated rings. The van der Waals surface area contributed by atoms with Gasteiger partial charge in [-0.2, -0.15) is 5.10 Å². The topological polar surface area (TPSA) is 78.0 Å². The van der Waals surface area contributed by atoms with Crippen LogP contribution in [-0.2, 0) is 0 Å². The summed E-state index contributed by atoms with van der Waals surface area (Å²) >= 11 is 2.07. The van der Waals surface area contributed by atoms with Gasteiger partial charge in [0.05, 0.1) is 11.8 Å².